The third kappa shape index (κ3) is 5.44. The molecule has 1 saturated carbocycles. The smallest absolute Gasteiger partial charge is 0.123 e. The van der Waals surface area contributed by atoms with Crippen molar-refractivity contribution >= 4 is 0 Å². The van der Waals surface area contributed by atoms with Crippen LogP contribution < -0.4 is 16.2 Å². The molecule has 1 aliphatic rings. The van der Waals surface area contributed by atoms with Gasteiger partial charge in [-0.05, 0) is 61.1 Å². The van der Waals surface area contributed by atoms with E-state index < -0.39 is 0 Å². The molecule has 0 aliphatic heterocycles. The van der Waals surface area contributed by atoms with Crippen molar-refractivity contribution in [3.63, 3.8) is 0 Å². The molecule has 1 aliphatic carbocycles. The van der Waals surface area contributed by atoms with Crippen LogP contribution >= 0.6 is 0 Å². The lowest BCUT2D eigenvalue weighted by Gasteiger charge is -2.37. The molecule has 1 aromatic carbocycles. The molecule has 0 radical (unpaired) electrons. The van der Waals surface area contributed by atoms with Gasteiger partial charge in [-0.15, -0.1) is 0 Å². The van der Waals surface area contributed by atoms with Crippen LogP contribution in [0.2, 0.25) is 0 Å². The summed E-state index contributed by atoms with van der Waals surface area (Å²) in [5.41, 5.74) is 15.0. The normalized spacial score (nSPS) is 24.3. The molecule has 25 heavy (non-hydrogen) atoms. The van der Waals surface area contributed by atoms with E-state index in [1.54, 1.807) is 7.11 Å². The third-order valence-electron chi connectivity index (χ3n) is 5.29. The van der Waals surface area contributed by atoms with E-state index >= 15 is 0 Å². The predicted molar refractivity (Wildman–Crippen MR) is 104 cm³/mol. The molecular weight excluding hydrogens is 312 g/mol. The first-order chi connectivity index (χ1) is 11.8. The first kappa shape index (κ1) is 20.2. The number of unbranched alkanes of at least 4 members (excludes halogenated alkanes) is 1. The zero-order valence-electron chi connectivity index (χ0n) is 16.4. The number of hydrogen-bond acceptors (Lipinski definition) is 4. The summed E-state index contributed by atoms with van der Waals surface area (Å²) in [5.74, 6) is 0.974. The Hall–Kier alpha value is -1.10. The van der Waals surface area contributed by atoms with Gasteiger partial charge in [0, 0.05) is 25.3 Å². The second-order valence-electron chi connectivity index (χ2n) is 8.50. The maximum atomic E-state index is 6.74. The molecule has 0 unspecified atom stereocenters. The minimum atomic E-state index is -0.277. The van der Waals surface area contributed by atoms with Gasteiger partial charge in [-0.2, -0.15) is 0 Å². The van der Waals surface area contributed by atoms with Crippen LogP contribution in [0.3, 0.4) is 0 Å². The molecule has 0 saturated heterocycles. The van der Waals surface area contributed by atoms with Gasteiger partial charge in [-0.3, -0.25) is 0 Å². The van der Waals surface area contributed by atoms with Gasteiger partial charge in [0.15, 0.2) is 0 Å². The summed E-state index contributed by atoms with van der Waals surface area (Å²) < 4.78 is 11.3. The molecule has 0 spiro atoms. The Morgan fingerprint density at radius 2 is 1.76 bits per heavy atom. The standard InChI is InChI=1S/C21H36N2O2/c1-20(2,3)18-8-7-16(21(23)11-9-17(22)10-12-21)15-19(18)25-14-6-5-13-24-4/h7-8,15,17H,5-6,9-14,22-23H2,1-4H3. The summed E-state index contributed by atoms with van der Waals surface area (Å²) in [5, 5.41) is 0. The first-order valence-electron chi connectivity index (χ1n) is 9.57. The van der Waals surface area contributed by atoms with Gasteiger partial charge < -0.3 is 20.9 Å². The maximum absolute atomic E-state index is 6.74. The Morgan fingerprint density at radius 3 is 2.36 bits per heavy atom. The fraction of sp³-hybridized carbons (Fsp3) is 0.714. The molecule has 4 N–H and O–H groups in total. The van der Waals surface area contributed by atoms with Crippen LogP contribution in [-0.2, 0) is 15.7 Å². The van der Waals surface area contributed by atoms with Crippen LogP contribution in [0.25, 0.3) is 0 Å². The van der Waals surface area contributed by atoms with Crippen LogP contribution in [0.15, 0.2) is 18.2 Å². The van der Waals surface area contributed by atoms with Crippen molar-refractivity contribution in [2.24, 2.45) is 11.5 Å². The Kier molecular flexibility index (Phi) is 6.89. The largest absolute Gasteiger partial charge is 0.493 e. The molecule has 0 atom stereocenters. The molecule has 0 amide bonds. The van der Waals surface area contributed by atoms with Crippen LogP contribution in [0.4, 0.5) is 0 Å². The van der Waals surface area contributed by atoms with E-state index in [9.17, 15) is 0 Å². The van der Waals surface area contributed by atoms with E-state index in [2.05, 4.69) is 39.0 Å². The topological polar surface area (TPSA) is 70.5 Å². The van der Waals surface area contributed by atoms with Crippen molar-refractivity contribution in [1.29, 1.82) is 0 Å². The van der Waals surface area contributed by atoms with E-state index in [1.165, 1.54) is 11.1 Å². The number of hydrogen-bond donors (Lipinski definition) is 2. The average molecular weight is 349 g/mol. The monoisotopic (exact) mass is 348 g/mol. The van der Waals surface area contributed by atoms with Crippen molar-refractivity contribution in [3.05, 3.63) is 29.3 Å². The highest BCUT2D eigenvalue weighted by Crippen LogP contribution is 2.39. The Balaban J connectivity index is 2.18. The minimum Gasteiger partial charge on any atom is -0.493 e. The number of ether oxygens (including phenoxy) is 2. The highest BCUT2D eigenvalue weighted by Gasteiger charge is 2.33. The molecule has 4 nitrogen and oxygen atoms in total. The fourth-order valence-corrected chi connectivity index (χ4v) is 3.55. The molecule has 0 aromatic heterocycles. The molecule has 142 valence electrons. The molecular formula is C21H36N2O2. The van der Waals surface area contributed by atoms with Crippen molar-refractivity contribution in [2.75, 3.05) is 20.3 Å². The number of rotatable bonds is 7. The first-order valence-corrected chi connectivity index (χ1v) is 9.57. The quantitative estimate of drug-likeness (QED) is 0.734. The van der Waals surface area contributed by atoms with Gasteiger partial charge in [0.25, 0.3) is 0 Å². The second-order valence-corrected chi connectivity index (χ2v) is 8.50. The fourth-order valence-electron chi connectivity index (χ4n) is 3.55. The molecule has 0 heterocycles. The van der Waals surface area contributed by atoms with Crippen molar-refractivity contribution < 1.29 is 9.47 Å². The second kappa shape index (κ2) is 8.52. The van der Waals surface area contributed by atoms with Gasteiger partial charge in [-0.1, -0.05) is 32.9 Å². The van der Waals surface area contributed by atoms with E-state index in [4.69, 9.17) is 20.9 Å². The van der Waals surface area contributed by atoms with Crippen LogP contribution in [0.1, 0.15) is 70.4 Å². The van der Waals surface area contributed by atoms with Crippen molar-refractivity contribution in [2.45, 2.75) is 76.3 Å². The van der Waals surface area contributed by atoms with Gasteiger partial charge in [0.2, 0.25) is 0 Å². The van der Waals surface area contributed by atoms with E-state index in [1.807, 2.05) is 0 Å². The van der Waals surface area contributed by atoms with Crippen LogP contribution in [0, 0.1) is 0 Å². The number of nitrogens with two attached hydrogens (primary N) is 2. The zero-order chi connectivity index (χ0) is 18.5. The Labute approximate surface area is 153 Å². The molecule has 1 fully saturated rings. The van der Waals surface area contributed by atoms with E-state index in [-0.39, 0.29) is 11.0 Å². The van der Waals surface area contributed by atoms with Gasteiger partial charge in [0.1, 0.15) is 5.75 Å². The minimum absolute atomic E-state index is 0.0388. The summed E-state index contributed by atoms with van der Waals surface area (Å²) in [4.78, 5) is 0. The van der Waals surface area contributed by atoms with Gasteiger partial charge in [-0.25, -0.2) is 0 Å². The summed E-state index contributed by atoms with van der Waals surface area (Å²) >= 11 is 0. The number of benzene rings is 1. The SMILES string of the molecule is COCCCCOc1cc(C2(N)CCC(N)CC2)ccc1C(C)(C)C. The lowest BCUT2D eigenvalue weighted by atomic mass is 9.75. The highest BCUT2D eigenvalue weighted by atomic mass is 16.5. The Morgan fingerprint density at radius 1 is 1.12 bits per heavy atom. The summed E-state index contributed by atoms with van der Waals surface area (Å²) in [6.45, 7) is 8.15. The molecule has 4 heteroatoms. The van der Waals surface area contributed by atoms with Crippen LogP contribution in [0.5, 0.6) is 5.75 Å². The van der Waals surface area contributed by atoms with E-state index in [0.717, 1.165) is 50.9 Å². The van der Waals surface area contributed by atoms with Crippen LogP contribution in [-0.4, -0.2) is 26.4 Å². The summed E-state index contributed by atoms with van der Waals surface area (Å²) in [6.07, 6.45) is 5.87. The average Bonchev–Trinajstić information content (AvgIpc) is 2.56. The van der Waals surface area contributed by atoms with Crippen molar-refractivity contribution in [1.82, 2.24) is 0 Å². The molecule has 0 bridgehead atoms. The summed E-state index contributed by atoms with van der Waals surface area (Å²) in [6, 6.07) is 6.85. The zero-order valence-corrected chi connectivity index (χ0v) is 16.4. The maximum Gasteiger partial charge on any atom is 0.123 e. The van der Waals surface area contributed by atoms with Crippen molar-refractivity contribution in [3.8, 4) is 5.75 Å². The van der Waals surface area contributed by atoms with Gasteiger partial charge >= 0.3 is 0 Å². The number of methoxy groups -OCH3 is 1. The predicted octanol–water partition coefficient (Wildman–Crippen LogP) is 3.84. The molecule has 1 aromatic rings. The van der Waals surface area contributed by atoms with Gasteiger partial charge in [0.05, 0.1) is 6.61 Å². The lowest BCUT2D eigenvalue weighted by molar-refractivity contribution is 0.183. The highest BCUT2D eigenvalue weighted by molar-refractivity contribution is 5.44. The molecule has 2 rings (SSSR count). The lowest BCUT2D eigenvalue weighted by Crippen LogP contribution is -2.43. The Bertz CT molecular complexity index is 543. The summed E-state index contributed by atoms with van der Waals surface area (Å²) in [7, 11) is 1.73. The third-order valence-corrected chi connectivity index (χ3v) is 5.29. The van der Waals surface area contributed by atoms with E-state index in [0.29, 0.717) is 12.6 Å².